The van der Waals surface area contributed by atoms with Gasteiger partial charge in [-0.2, -0.15) is 0 Å². The van der Waals surface area contributed by atoms with Gasteiger partial charge in [0.2, 0.25) is 5.91 Å². The molecule has 1 aromatic carbocycles. The molecule has 0 saturated carbocycles. The number of hydrogen-bond donors (Lipinski definition) is 1. The Morgan fingerprint density at radius 1 is 1.21 bits per heavy atom. The molecule has 0 bridgehead atoms. The van der Waals surface area contributed by atoms with Crippen molar-refractivity contribution in [1.82, 2.24) is 10.2 Å². The number of benzene rings is 1. The third-order valence-electron chi connectivity index (χ3n) is 5.48. The number of likely N-dealkylation sites (tertiary alicyclic amines) is 1. The van der Waals surface area contributed by atoms with Crippen LogP contribution in [0.25, 0.3) is 0 Å². The Kier molecular flexibility index (Phi) is 6.26. The lowest BCUT2D eigenvalue weighted by Gasteiger charge is -2.25. The van der Waals surface area contributed by atoms with Crippen LogP contribution in [0.5, 0.6) is 0 Å². The minimum atomic E-state index is -3.11. The molecule has 29 heavy (non-hydrogen) atoms. The molecule has 158 valence electrons. The zero-order chi connectivity index (χ0) is 21.2. The van der Waals surface area contributed by atoms with Crippen LogP contribution < -0.4 is 5.32 Å². The predicted octanol–water partition coefficient (Wildman–Crippen LogP) is 0.831. The van der Waals surface area contributed by atoms with Crippen LogP contribution in [0.4, 0.5) is 0 Å². The lowest BCUT2D eigenvalue weighted by atomic mass is 10.1. The van der Waals surface area contributed by atoms with Gasteiger partial charge in [0, 0.05) is 19.0 Å². The lowest BCUT2D eigenvalue weighted by Crippen LogP contribution is -2.43. The number of sulfone groups is 1. The molecule has 0 spiro atoms. The van der Waals surface area contributed by atoms with Gasteiger partial charge < -0.3 is 15.0 Å². The summed E-state index contributed by atoms with van der Waals surface area (Å²) < 4.78 is 28.2. The van der Waals surface area contributed by atoms with E-state index in [1.165, 1.54) is 6.92 Å². The van der Waals surface area contributed by atoms with Crippen molar-refractivity contribution in [2.45, 2.75) is 44.9 Å². The summed E-state index contributed by atoms with van der Waals surface area (Å²) in [7, 11) is -3.11. The molecule has 8 nitrogen and oxygen atoms in total. The van der Waals surface area contributed by atoms with Crippen LogP contribution in [0, 0.1) is 5.92 Å². The minimum absolute atomic E-state index is 0.0468. The molecule has 9 heteroatoms. The largest absolute Gasteiger partial charge is 0.452 e. The van der Waals surface area contributed by atoms with E-state index < -0.39 is 39.8 Å². The second-order valence-electron chi connectivity index (χ2n) is 7.72. The van der Waals surface area contributed by atoms with Gasteiger partial charge in [0.15, 0.2) is 15.9 Å². The lowest BCUT2D eigenvalue weighted by molar-refractivity contribution is -0.158. The maximum atomic E-state index is 12.5. The van der Waals surface area contributed by atoms with Gasteiger partial charge in [-0.15, -0.1) is 0 Å². The maximum Gasteiger partial charge on any atom is 0.312 e. The molecule has 0 aliphatic carbocycles. The fourth-order valence-electron chi connectivity index (χ4n) is 3.73. The number of ether oxygens (including phenoxy) is 1. The van der Waals surface area contributed by atoms with Gasteiger partial charge in [0.05, 0.1) is 23.5 Å². The third-order valence-corrected chi connectivity index (χ3v) is 7.25. The summed E-state index contributed by atoms with van der Waals surface area (Å²) in [5.74, 6) is -1.93. The molecule has 1 N–H and O–H groups in total. The molecular weight excluding hydrogens is 396 g/mol. The average molecular weight is 423 g/mol. The van der Waals surface area contributed by atoms with Crippen LogP contribution in [0.15, 0.2) is 30.3 Å². The third kappa shape index (κ3) is 5.14. The Hall–Kier alpha value is -2.42. The van der Waals surface area contributed by atoms with Crippen LogP contribution in [0.2, 0.25) is 0 Å². The molecule has 0 aromatic heterocycles. The van der Waals surface area contributed by atoms with Crippen molar-refractivity contribution >= 4 is 27.6 Å². The molecule has 2 heterocycles. The Bertz CT molecular complexity index is 885. The van der Waals surface area contributed by atoms with Gasteiger partial charge in [-0.3, -0.25) is 14.4 Å². The summed E-state index contributed by atoms with van der Waals surface area (Å²) in [5, 5.41) is 2.61. The van der Waals surface area contributed by atoms with Crippen LogP contribution in [-0.2, 0) is 29.0 Å². The molecule has 4 atom stereocenters. The van der Waals surface area contributed by atoms with Gasteiger partial charge in [-0.25, -0.2) is 8.42 Å². The van der Waals surface area contributed by atoms with Gasteiger partial charge >= 0.3 is 5.97 Å². The van der Waals surface area contributed by atoms with Crippen LogP contribution in [-0.4, -0.2) is 61.3 Å². The predicted molar refractivity (Wildman–Crippen MR) is 105 cm³/mol. The summed E-state index contributed by atoms with van der Waals surface area (Å²) in [6, 6.07) is 8.94. The van der Waals surface area contributed by atoms with Gasteiger partial charge in [0.1, 0.15) is 0 Å². The standard InChI is InChI=1S/C20H26N2O6S/c1-13(15-6-4-3-5-7-15)22-11-16(10-18(22)23)20(25)28-14(2)19(24)21-17-8-9-29(26,27)12-17/h3-7,13-14,16-17H,8-12H2,1-2H3,(H,21,24)/t13-,14+,16-,17-/m1/s1. The van der Waals surface area contributed by atoms with Crippen molar-refractivity contribution < 1.29 is 27.5 Å². The minimum Gasteiger partial charge on any atom is -0.452 e. The number of carbonyl (C=O) groups is 3. The quantitative estimate of drug-likeness (QED) is 0.680. The molecule has 0 unspecified atom stereocenters. The second kappa shape index (κ2) is 8.52. The van der Waals surface area contributed by atoms with Gasteiger partial charge in [0.25, 0.3) is 5.91 Å². The summed E-state index contributed by atoms with van der Waals surface area (Å²) in [4.78, 5) is 38.7. The fraction of sp³-hybridized carbons (Fsp3) is 0.550. The van der Waals surface area contributed by atoms with Gasteiger partial charge in [-0.1, -0.05) is 30.3 Å². The Morgan fingerprint density at radius 3 is 2.52 bits per heavy atom. The molecule has 2 fully saturated rings. The Morgan fingerprint density at radius 2 is 1.90 bits per heavy atom. The molecule has 2 aliphatic rings. The van der Waals surface area contributed by atoms with Crippen molar-refractivity contribution in [2.24, 2.45) is 5.92 Å². The van der Waals surface area contributed by atoms with E-state index in [0.29, 0.717) is 6.42 Å². The smallest absolute Gasteiger partial charge is 0.312 e. The monoisotopic (exact) mass is 422 g/mol. The van der Waals surface area contributed by atoms with E-state index >= 15 is 0 Å². The van der Waals surface area contributed by atoms with Crippen molar-refractivity contribution in [3.05, 3.63) is 35.9 Å². The first-order valence-electron chi connectivity index (χ1n) is 9.72. The van der Waals surface area contributed by atoms with E-state index in [0.717, 1.165) is 5.56 Å². The van der Waals surface area contributed by atoms with E-state index in [1.807, 2.05) is 37.3 Å². The number of nitrogens with zero attached hydrogens (tertiary/aromatic N) is 1. The topological polar surface area (TPSA) is 110 Å². The number of nitrogens with one attached hydrogen (secondary N) is 1. The molecule has 2 aliphatic heterocycles. The number of rotatable bonds is 6. The zero-order valence-corrected chi connectivity index (χ0v) is 17.4. The van der Waals surface area contributed by atoms with Crippen LogP contribution >= 0.6 is 0 Å². The first-order valence-corrected chi connectivity index (χ1v) is 11.5. The van der Waals surface area contributed by atoms with Crippen molar-refractivity contribution in [3.63, 3.8) is 0 Å². The van der Waals surface area contributed by atoms with Crippen molar-refractivity contribution in [3.8, 4) is 0 Å². The number of amides is 2. The highest BCUT2D eigenvalue weighted by Crippen LogP contribution is 2.29. The van der Waals surface area contributed by atoms with E-state index in [9.17, 15) is 22.8 Å². The first kappa shape index (κ1) is 21.3. The molecule has 3 rings (SSSR count). The first-order chi connectivity index (χ1) is 13.7. The van der Waals surface area contributed by atoms with Gasteiger partial charge in [-0.05, 0) is 25.8 Å². The number of carbonyl (C=O) groups excluding carboxylic acids is 3. The number of esters is 1. The highest BCUT2D eigenvalue weighted by atomic mass is 32.2. The SMILES string of the molecule is C[C@H](OC(=O)[C@@H]1CC(=O)N([C@H](C)c2ccccc2)C1)C(=O)N[C@@H]1CCS(=O)(=O)C1. The summed E-state index contributed by atoms with van der Waals surface area (Å²) in [6.45, 7) is 3.59. The average Bonchev–Trinajstić information content (AvgIpc) is 3.23. The van der Waals surface area contributed by atoms with Crippen LogP contribution in [0.3, 0.4) is 0 Å². The summed E-state index contributed by atoms with van der Waals surface area (Å²) in [6.07, 6.45) is -0.648. The Labute approximate surface area is 170 Å². The summed E-state index contributed by atoms with van der Waals surface area (Å²) >= 11 is 0. The Balaban J connectivity index is 1.53. The molecule has 0 radical (unpaired) electrons. The highest BCUT2D eigenvalue weighted by Gasteiger charge is 2.39. The van der Waals surface area contributed by atoms with E-state index in [4.69, 9.17) is 4.74 Å². The van der Waals surface area contributed by atoms with Crippen LogP contribution in [0.1, 0.15) is 38.3 Å². The molecule has 2 saturated heterocycles. The van der Waals surface area contributed by atoms with E-state index in [1.54, 1.807) is 4.90 Å². The molecule has 2 amide bonds. The molecular formula is C20H26N2O6S. The maximum absolute atomic E-state index is 12.5. The zero-order valence-electron chi connectivity index (χ0n) is 16.5. The van der Waals surface area contributed by atoms with E-state index in [2.05, 4.69) is 5.32 Å². The number of hydrogen-bond acceptors (Lipinski definition) is 6. The molecule has 1 aromatic rings. The fourth-order valence-corrected chi connectivity index (χ4v) is 5.40. The van der Waals surface area contributed by atoms with Crippen molar-refractivity contribution in [2.75, 3.05) is 18.1 Å². The normalized spacial score (nSPS) is 25.4. The highest BCUT2D eigenvalue weighted by molar-refractivity contribution is 7.91. The van der Waals surface area contributed by atoms with Crippen molar-refractivity contribution in [1.29, 1.82) is 0 Å². The van der Waals surface area contributed by atoms with E-state index in [-0.39, 0.29) is 36.4 Å². The summed E-state index contributed by atoms with van der Waals surface area (Å²) in [5.41, 5.74) is 0.981. The second-order valence-corrected chi connectivity index (χ2v) is 9.95.